The van der Waals surface area contributed by atoms with Crippen LogP contribution in [0.3, 0.4) is 0 Å². The van der Waals surface area contributed by atoms with Gasteiger partial charge < -0.3 is 10.2 Å². The molecule has 0 amide bonds. The molecule has 0 aliphatic heterocycles. The van der Waals surface area contributed by atoms with Crippen LogP contribution in [-0.2, 0) is 9.59 Å². The Hall–Kier alpha value is -1.58. The maximum atomic E-state index is 10.9. The van der Waals surface area contributed by atoms with Crippen LogP contribution in [0.2, 0.25) is 0 Å². The van der Waals surface area contributed by atoms with Gasteiger partial charge in [-0.1, -0.05) is 25.8 Å². The van der Waals surface area contributed by atoms with Crippen molar-refractivity contribution in [3.63, 3.8) is 0 Å². The highest BCUT2D eigenvalue weighted by molar-refractivity contribution is 5.94. The van der Waals surface area contributed by atoms with E-state index >= 15 is 0 Å². The first-order chi connectivity index (χ1) is 7.49. The number of carboxylic acids is 2. The largest absolute Gasteiger partial charge is 0.478 e. The molecule has 0 saturated carbocycles. The molecule has 90 valence electrons. The third kappa shape index (κ3) is 6.01. The summed E-state index contributed by atoms with van der Waals surface area (Å²) < 4.78 is 0. The third-order valence-electron chi connectivity index (χ3n) is 2.15. The zero-order valence-electron chi connectivity index (χ0n) is 9.69. The van der Waals surface area contributed by atoms with E-state index in [9.17, 15) is 9.59 Å². The number of hydrogen-bond donors (Lipinski definition) is 2. The van der Waals surface area contributed by atoms with Crippen LogP contribution in [0.4, 0.5) is 0 Å². The highest BCUT2D eigenvalue weighted by atomic mass is 16.4. The normalized spacial score (nSPS) is 12.6. The second-order valence-electron chi connectivity index (χ2n) is 3.58. The second-order valence-corrected chi connectivity index (χ2v) is 3.58. The first kappa shape index (κ1) is 14.4. The number of aliphatic carboxylic acids is 2. The van der Waals surface area contributed by atoms with Gasteiger partial charge in [0.15, 0.2) is 0 Å². The Labute approximate surface area is 95.3 Å². The van der Waals surface area contributed by atoms with Gasteiger partial charge in [0.2, 0.25) is 0 Å². The van der Waals surface area contributed by atoms with Crippen molar-refractivity contribution in [2.45, 2.75) is 39.5 Å². The number of carbonyl (C=O) groups is 2. The SMILES string of the molecule is CCCCC/C=C(C(=O)O)/C(C)=C/C(=O)O. The van der Waals surface area contributed by atoms with Crippen molar-refractivity contribution in [3.05, 3.63) is 23.3 Å². The quantitative estimate of drug-likeness (QED) is 0.397. The lowest BCUT2D eigenvalue weighted by Gasteiger charge is -2.02. The average molecular weight is 226 g/mol. The smallest absolute Gasteiger partial charge is 0.335 e. The van der Waals surface area contributed by atoms with Crippen molar-refractivity contribution in [2.24, 2.45) is 0 Å². The molecule has 16 heavy (non-hydrogen) atoms. The average Bonchev–Trinajstić information content (AvgIpc) is 2.15. The molecular formula is C12H18O4. The number of hydrogen-bond acceptors (Lipinski definition) is 2. The molecule has 0 aliphatic carbocycles. The first-order valence-corrected chi connectivity index (χ1v) is 5.34. The summed E-state index contributed by atoms with van der Waals surface area (Å²) in [5.74, 6) is -2.20. The van der Waals surface area contributed by atoms with Gasteiger partial charge in [0.25, 0.3) is 0 Å². The molecule has 0 aromatic carbocycles. The van der Waals surface area contributed by atoms with Gasteiger partial charge in [-0.2, -0.15) is 0 Å². The molecule has 0 aromatic heterocycles. The van der Waals surface area contributed by atoms with Gasteiger partial charge in [0, 0.05) is 6.08 Å². The Bertz CT molecular complexity index is 313. The molecule has 2 N–H and O–H groups in total. The third-order valence-corrected chi connectivity index (χ3v) is 2.15. The van der Waals surface area contributed by atoms with Gasteiger partial charge >= 0.3 is 11.9 Å². The van der Waals surface area contributed by atoms with Crippen molar-refractivity contribution >= 4 is 11.9 Å². The predicted octanol–water partition coefficient (Wildman–Crippen LogP) is 2.61. The molecule has 0 atom stereocenters. The lowest BCUT2D eigenvalue weighted by atomic mass is 10.0. The molecule has 0 saturated heterocycles. The van der Waals surface area contributed by atoms with Gasteiger partial charge in [0.05, 0.1) is 5.57 Å². The Morgan fingerprint density at radius 2 is 1.81 bits per heavy atom. The minimum Gasteiger partial charge on any atom is -0.478 e. The zero-order chi connectivity index (χ0) is 12.6. The van der Waals surface area contributed by atoms with E-state index in [-0.39, 0.29) is 11.1 Å². The van der Waals surface area contributed by atoms with Crippen LogP contribution in [0.5, 0.6) is 0 Å². The summed E-state index contributed by atoms with van der Waals surface area (Å²) in [7, 11) is 0. The molecule has 0 aromatic rings. The molecule has 0 aliphatic rings. The van der Waals surface area contributed by atoms with E-state index in [2.05, 4.69) is 6.92 Å². The molecular weight excluding hydrogens is 208 g/mol. The monoisotopic (exact) mass is 226 g/mol. The van der Waals surface area contributed by atoms with Gasteiger partial charge in [-0.25, -0.2) is 9.59 Å². The molecule has 0 heterocycles. The number of unbranched alkanes of at least 4 members (excludes halogenated alkanes) is 3. The summed E-state index contributed by atoms with van der Waals surface area (Å²) in [4.78, 5) is 21.3. The predicted molar refractivity (Wildman–Crippen MR) is 61.3 cm³/mol. The van der Waals surface area contributed by atoms with E-state index in [4.69, 9.17) is 10.2 Å². The molecule has 0 unspecified atom stereocenters. The Balaban J connectivity index is 4.61. The van der Waals surface area contributed by atoms with E-state index in [1.165, 1.54) is 6.92 Å². The van der Waals surface area contributed by atoms with Crippen LogP contribution >= 0.6 is 0 Å². The number of allylic oxidation sites excluding steroid dienone is 1. The molecule has 0 fully saturated rings. The minimum absolute atomic E-state index is 0.0819. The van der Waals surface area contributed by atoms with Gasteiger partial charge in [-0.05, 0) is 25.3 Å². The summed E-state index contributed by atoms with van der Waals surface area (Å²) in [5, 5.41) is 17.4. The zero-order valence-corrected chi connectivity index (χ0v) is 9.69. The Kier molecular flexibility index (Phi) is 6.92. The van der Waals surface area contributed by atoms with Crippen LogP contribution in [0, 0.1) is 0 Å². The van der Waals surface area contributed by atoms with E-state index in [1.807, 2.05) is 0 Å². The number of rotatable bonds is 7. The Morgan fingerprint density at radius 1 is 1.19 bits per heavy atom. The van der Waals surface area contributed by atoms with Crippen molar-refractivity contribution in [1.29, 1.82) is 0 Å². The molecule has 4 nitrogen and oxygen atoms in total. The van der Waals surface area contributed by atoms with E-state index in [0.29, 0.717) is 6.42 Å². The highest BCUT2D eigenvalue weighted by Crippen LogP contribution is 2.12. The van der Waals surface area contributed by atoms with Gasteiger partial charge in [0.1, 0.15) is 0 Å². The van der Waals surface area contributed by atoms with Crippen molar-refractivity contribution in [1.82, 2.24) is 0 Å². The Morgan fingerprint density at radius 3 is 2.25 bits per heavy atom. The molecule has 0 bridgehead atoms. The fourth-order valence-corrected chi connectivity index (χ4v) is 1.32. The van der Waals surface area contributed by atoms with Crippen molar-refractivity contribution in [3.8, 4) is 0 Å². The van der Waals surface area contributed by atoms with Crippen molar-refractivity contribution in [2.75, 3.05) is 0 Å². The van der Waals surface area contributed by atoms with Crippen LogP contribution in [0.15, 0.2) is 23.3 Å². The van der Waals surface area contributed by atoms with Crippen LogP contribution in [0.25, 0.3) is 0 Å². The summed E-state index contributed by atoms with van der Waals surface area (Å²) >= 11 is 0. The van der Waals surface area contributed by atoms with E-state index in [0.717, 1.165) is 25.3 Å². The topological polar surface area (TPSA) is 74.6 Å². The maximum absolute atomic E-state index is 10.9. The molecule has 0 spiro atoms. The molecule has 0 rings (SSSR count). The first-order valence-electron chi connectivity index (χ1n) is 5.34. The lowest BCUT2D eigenvalue weighted by molar-refractivity contribution is -0.132. The summed E-state index contributed by atoms with van der Waals surface area (Å²) in [5.41, 5.74) is 0.356. The van der Waals surface area contributed by atoms with Crippen LogP contribution in [-0.4, -0.2) is 22.2 Å². The lowest BCUT2D eigenvalue weighted by Crippen LogP contribution is -2.04. The van der Waals surface area contributed by atoms with Crippen LogP contribution in [0.1, 0.15) is 39.5 Å². The number of carboxylic acid groups (broad SMARTS) is 2. The second kappa shape index (κ2) is 7.68. The fraction of sp³-hybridized carbons (Fsp3) is 0.500. The van der Waals surface area contributed by atoms with Gasteiger partial charge in [-0.15, -0.1) is 0 Å². The van der Waals surface area contributed by atoms with Crippen LogP contribution < -0.4 is 0 Å². The van der Waals surface area contributed by atoms with Crippen molar-refractivity contribution < 1.29 is 19.8 Å². The van der Waals surface area contributed by atoms with E-state index < -0.39 is 11.9 Å². The fourth-order valence-electron chi connectivity index (χ4n) is 1.32. The van der Waals surface area contributed by atoms with Gasteiger partial charge in [-0.3, -0.25) is 0 Å². The minimum atomic E-state index is -1.13. The maximum Gasteiger partial charge on any atom is 0.335 e. The summed E-state index contributed by atoms with van der Waals surface area (Å²) in [6.45, 7) is 3.56. The molecule has 4 heteroatoms. The summed E-state index contributed by atoms with van der Waals surface area (Å²) in [6.07, 6.45) is 6.21. The highest BCUT2D eigenvalue weighted by Gasteiger charge is 2.09. The van der Waals surface area contributed by atoms with E-state index in [1.54, 1.807) is 6.08 Å². The standard InChI is InChI=1S/C12H18O4/c1-3-4-5-6-7-10(12(15)16)9(2)8-11(13)14/h7-8H,3-6H2,1-2H3,(H,13,14)(H,15,16)/b9-8+,10-7-. The molecule has 0 radical (unpaired) electrons. The summed E-state index contributed by atoms with van der Waals surface area (Å²) in [6, 6.07) is 0.